The molecule has 6 heteroatoms. The third-order valence-electron chi connectivity index (χ3n) is 6.29. The van der Waals surface area contributed by atoms with Crippen LogP contribution in [0.1, 0.15) is 31.2 Å². The van der Waals surface area contributed by atoms with E-state index in [9.17, 15) is 13.2 Å². The van der Waals surface area contributed by atoms with Gasteiger partial charge in [-0.25, -0.2) is 0 Å². The summed E-state index contributed by atoms with van der Waals surface area (Å²) in [5.74, 6) is 0.951. The molecule has 33 heavy (non-hydrogen) atoms. The van der Waals surface area contributed by atoms with Crippen LogP contribution in [0.25, 0.3) is 10.8 Å². The highest BCUT2D eigenvalue weighted by Crippen LogP contribution is 2.32. The normalized spacial score (nSPS) is 15.2. The fourth-order valence-corrected chi connectivity index (χ4v) is 4.40. The number of rotatable bonds is 9. The first-order valence-electron chi connectivity index (χ1n) is 11.8. The number of ether oxygens (including phenoxy) is 1. The lowest BCUT2D eigenvalue weighted by Gasteiger charge is -2.36. The van der Waals surface area contributed by atoms with E-state index in [0.717, 1.165) is 82.2 Å². The summed E-state index contributed by atoms with van der Waals surface area (Å²) in [6, 6.07) is 20.1. The molecular weight excluding hydrogens is 425 g/mol. The largest absolute Gasteiger partial charge is 0.493 e. The minimum Gasteiger partial charge on any atom is -0.493 e. The molecule has 1 saturated heterocycles. The van der Waals surface area contributed by atoms with Crippen molar-refractivity contribution < 1.29 is 17.9 Å². The molecule has 1 aliphatic heterocycles. The summed E-state index contributed by atoms with van der Waals surface area (Å²) in [4.78, 5) is 4.47. The second-order valence-electron chi connectivity index (χ2n) is 8.62. The van der Waals surface area contributed by atoms with Gasteiger partial charge in [0.2, 0.25) is 0 Å². The predicted octanol–water partition coefficient (Wildman–Crippen LogP) is 6.62. The second kappa shape index (κ2) is 10.9. The van der Waals surface area contributed by atoms with Crippen LogP contribution in [0.4, 0.5) is 18.9 Å². The minimum atomic E-state index is -4.29. The van der Waals surface area contributed by atoms with E-state index in [4.69, 9.17) is 4.74 Å². The molecule has 176 valence electrons. The van der Waals surface area contributed by atoms with Crippen molar-refractivity contribution in [3.8, 4) is 5.75 Å². The molecule has 0 aliphatic carbocycles. The summed E-state index contributed by atoms with van der Waals surface area (Å²) < 4.78 is 44.9. The number of halogens is 3. The number of benzene rings is 3. The zero-order valence-corrected chi connectivity index (χ0v) is 18.9. The van der Waals surface area contributed by atoms with Gasteiger partial charge in [-0.2, -0.15) is 13.2 Å². The first-order chi connectivity index (χ1) is 16.0. The van der Waals surface area contributed by atoms with Crippen molar-refractivity contribution in [3.63, 3.8) is 0 Å². The van der Waals surface area contributed by atoms with Crippen LogP contribution in [-0.4, -0.2) is 44.2 Å². The van der Waals surface area contributed by atoms with Gasteiger partial charge in [0.15, 0.2) is 0 Å². The van der Waals surface area contributed by atoms with Crippen LogP contribution in [0.3, 0.4) is 0 Å². The van der Waals surface area contributed by atoms with Gasteiger partial charge < -0.3 is 9.64 Å². The average molecular weight is 457 g/mol. The maximum atomic E-state index is 13.0. The summed E-state index contributed by atoms with van der Waals surface area (Å²) in [6.07, 6.45) is 0.170. The SMILES string of the molecule is FC(F)(F)c1cccc(N2CCN(CCCCCCOc3cccc4ccccc34)CC2)c1. The van der Waals surface area contributed by atoms with E-state index in [1.807, 2.05) is 24.3 Å². The molecule has 3 aromatic rings. The lowest BCUT2D eigenvalue weighted by molar-refractivity contribution is -0.137. The van der Waals surface area contributed by atoms with Crippen LogP contribution >= 0.6 is 0 Å². The summed E-state index contributed by atoms with van der Waals surface area (Å²) in [5, 5.41) is 2.35. The molecule has 3 aromatic carbocycles. The van der Waals surface area contributed by atoms with Crippen molar-refractivity contribution >= 4 is 16.5 Å². The predicted molar refractivity (Wildman–Crippen MR) is 128 cm³/mol. The molecule has 0 amide bonds. The summed E-state index contributed by atoms with van der Waals surface area (Å²) in [6.45, 7) is 5.07. The van der Waals surface area contributed by atoms with E-state index in [0.29, 0.717) is 5.69 Å². The smallest absolute Gasteiger partial charge is 0.416 e. The molecule has 0 spiro atoms. The maximum Gasteiger partial charge on any atom is 0.416 e. The number of unbranched alkanes of at least 4 members (excludes halogenated alkanes) is 3. The molecule has 0 unspecified atom stereocenters. The first kappa shape index (κ1) is 23.4. The van der Waals surface area contributed by atoms with E-state index in [-0.39, 0.29) is 0 Å². The molecule has 1 aliphatic rings. The van der Waals surface area contributed by atoms with Crippen LogP contribution in [-0.2, 0) is 6.18 Å². The molecule has 0 aromatic heterocycles. The van der Waals surface area contributed by atoms with Crippen LogP contribution in [0.15, 0.2) is 66.7 Å². The quantitative estimate of drug-likeness (QED) is 0.337. The van der Waals surface area contributed by atoms with Gasteiger partial charge in [0, 0.05) is 37.3 Å². The molecular formula is C27H31F3N2O. The van der Waals surface area contributed by atoms with Crippen LogP contribution in [0.5, 0.6) is 5.75 Å². The number of piperazine rings is 1. The van der Waals surface area contributed by atoms with Gasteiger partial charge >= 0.3 is 6.18 Å². The van der Waals surface area contributed by atoms with Gasteiger partial charge in [-0.15, -0.1) is 0 Å². The van der Waals surface area contributed by atoms with Gasteiger partial charge in [-0.05, 0) is 49.0 Å². The molecule has 1 heterocycles. The lowest BCUT2D eigenvalue weighted by atomic mass is 10.1. The van der Waals surface area contributed by atoms with Crippen molar-refractivity contribution in [2.75, 3.05) is 44.2 Å². The van der Waals surface area contributed by atoms with Gasteiger partial charge in [0.1, 0.15) is 5.75 Å². The molecule has 4 rings (SSSR count). The zero-order chi connectivity index (χ0) is 23.1. The Morgan fingerprint density at radius 2 is 1.48 bits per heavy atom. The topological polar surface area (TPSA) is 15.7 Å². The van der Waals surface area contributed by atoms with Crippen molar-refractivity contribution in [1.29, 1.82) is 0 Å². The Morgan fingerprint density at radius 1 is 0.758 bits per heavy atom. The monoisotopic (exact) mass is 456 g/mol. The highest BCUT2D eigenvalue weighted by Gasteiger charge is 2.31. The number of nitrogens with zero attached hydrogens (tertiary/aromatic N) is 2. The molecule has 1 fully saturated rings. The number of anilines is 1. The van der Waals surface area contributed by atoms with Gasteiger partial charge in [-0.3, -0.25) is 4.90 Å². The lowest BCUT2D eigenvalue weighted by Crippen LogP contribution is -2.46. The Balaban J connectivity index is 1.11. The standard InChI is InChI=1S/C27H31F3N2O/c28-27(29,30)23-11-8-12-24(21-23)32-18-16-31(17-19-32)15-5-1-2-6-20-33-26-14-7-10-22-9-3-4-13-25(22)26/h3-4,7-14,21H,1-2,5-6,15-20H2. The van der Waals surface area contributed by atoms with Crippen molar-refractivity contribution in [1.82, 2.24) is 4.90 Å². The summed E-state index contributed by atoms with van der Waals surface area (Å²) >= 11 is 0. The van der Waals surface area contributed by atoms with Crippen LogP contribution in [0, 0.1) is 0 Å². The Morgan fingerprint density at radius 3 is 2.30 bits per heavy atom. The Labute approximate surface area is 193 Å². The molecule has 0 bridgehead atoms. The van der Waals surface area contributed by atoms with Gasteiger partial charge in [0.25, 0.3) is 0 Å². The zero-order valence-electron chi connectivity index (χ0n) is 18.9. The number of fused-ring (bicyclic) bond motifs is 1. The van der Waals surface area contributed by atoms with Gasteiger partial charge in [0.05, 0.1) is 12.2 Å². The van der Waals surface area contributed by atoms with E-state index in [1.165, 1.54) is 17.5 Å². The highest BCUT2D eigenvalue weighted by molar-refractivity contribution is 5.88. The molecule has 0 atom stereocenters. The average Bonchev–Trinajstić information content (AvgIpc) is 2.83. The van der Waals surface area contributed by atoms with E-state index in [1.54, 1.807) is 6.07 Å². The molecule has 0 saturated carbocycles. The second-order valence-corrected chi connectivity index (χ2v) is 8.62. The highest BCUT2D eigenvalue weighted by atomic mass is 19.4. The fourth-order valence-electron chi connectivity index (χ4n) is 4.40. The van der Waals surface area contributed by atoms with Crippen molar-refractivity contribution in [3.05, 3.63) is 72.3 Å². The van der Waals surface area contributed by atoms with Crippen molar-refractivity contribution in [2.45, 2.75) is 31.9 Å². The summed E-state index contributed by atoms with van der Waals surface area (Å²) in [7, 11) is 0. The van der Waals surface area contributed by atoms with E-state index < -0.39 is 11.7 Å². The number of hydrogen-bond donors (Lipinski definition) is 0. The third-order valence-corrected chi connectivity index (χ3v) is 6.29. The molecule has 3 nitrogen and oxygen atoms in total. The Hall–Kier alpha value is -2.73. The minimum absolute atomic E-state index is 0.577. The summed E-state index contributed by atoms with van der Waals surface area (Å²) in [5.41, 5.74) is 0.0857. The Kier molecular flexibility index (Phi) is 7.76. The number of alkyl halides is 3. The Bertz CT molecular complexity index is 1020. The van der Waals surface area contributed by atoms with E-state index in [2.05, 4.69) is 28.0 Å². The molecule has 0 N–H and O–H groups in total. The fraction of sp³-hybridized carbons (Fsp3) is 0.407. The maximum absolute atomic E-state index is 13.0. The molecule has 0 radical (unpaired) electrons. The first-order valence-corrected chi connectivity index (χ1v) is 11.8. The van der Waals surface area contributed by atoms with E-state index >= 15 is 0 Å². The van der Waals surface area contributed by atoms with Gasteiger partial charge in [-0.1, -0.05) is 55.3 Å². The van der Waals surface area contributed by atoms with Crippen LogP contribution in [0.2, 0.25) is 0 Å². The van der Waals surface area contributed by atoms with Crippen LogP contribution < -0.4 is 9.64 Å². The third kappa shape index (κ3) is 6.41. The van der Waals surface area contributed by atoms with Crippen molar-refractivity contribution in [2.24, 2.45) is 0 Å². The number of hydrogen-bond acceptors (Lipinski definition) is 3.